The van der Waals surface area contributed by atoms with Gasteiger partial charge in [0.2, 0.25) is 0 Å². The molecule has 2 aliphatic rings. The number of rotatable bonds is 3. The van der Waals surface area contributed by atoms with Crippen LogP contribution in [-0.4, -0.2) is 30.1 Å². The van der Waals surface area contributed by atoms with Crippen LogP contribution in [0.25, 0.3) is 0 Å². The van der Waals surface area contributed by atoms with E-state index in [9.17, 15) is 0 Å². The van der Waals surface area contributed by atoms with E-state index in [0.29, 0.717) is 12.1 Å². The largest absolute Gasteiger partial charge is 0.326 e. The summed E-state index contributed by atoms with van der Waals surface area (Å²) < 4.78 is 0. The molecular formula is C15H30N2. The minimum absolute atomic E-state index is 0.357. The van der Waals surface area contributed by atoms with E-state index < -0.39 is 0 Å². The summed E-state index contributed by atoms with van der Waals surface area (Å²) in [6.45, 7) is 7.09. The zero-order chi connectivity index (χ0) is 12.3. The number of hydrogen-bond donors (Lipinski definition) is 1. The normalized spacial score (nSPS) is 29.1. The van der Waals surface area contributed by atoms with E-state index in [-0.39, 0.29) is 0 Å². The van der Waals surface area contributed by atoms with Crippen molar-refractivity contribution in [3.05, 3.63) is 0 Å². The van der Waals surface area contributed by atoms with Crippen LogP contribution < -0.4 is 5.73 Å². The van der Waals surface area contributed by atoms with Crippen LogP contribution in [0.3, 0.4) is 0 Å². The third-order valence-corrected chi connectivity index (χ3v) is 5.44. The van der Waals surface area contributed by atoms with Gasteiger partial charge < -0.3 is 5.73 Å². The first kappa shape index (κ1) is 13.4. The van der Waals surface area contributed by atoms with Crippen molar-refractivity contribution in [1.82, 2.24) is 4.90 Å². The summed E-state index contributed by atoms with van der Waals surface area (Å²) in [5.74, 6) is 0. The van der Waals surface area contributed by atoms with Crippen molar-refractivity contribution >= 4 is 0 Å². The molecule has 0 aromatic rings. The summed E-state index contributed by atoms with van der Waals surface area (Å²) in [5.41, 5.74) is 6.90. The highest BCUT2D eigenvalue weighted by molar-refractivity contribution is 4.90. The fraction of sp³-hybridized carbons (Fsp3) is 1.00. The Bertz CT molecular complexity index is 223. The van der Waals surface area contributed by atoms with Gasteiger partial charge in [-0.1, -0.05) is 26.2 Å². The van der Waals surface area contributed by atoms with Crippen LogP contribution in [0.2, 0.25) is 0 Å². The Kier molecular flexibility index (Phi) is 4.48. The van der Waals surface area contributed by atoms with E-state index in [1.165, 1.54) is 58.0 Å². The lowest BCUT2D eigenvalue weighted by atomic mass is 9.68. The number of piperidine rings is 1. The van der Waals surface area contributed by atoms with Crippen LogP contribution >= 0.6 is 0 Å². The van der Waals surface area contributed by atoms with Crippen molar-refractivity contribution in [2.75, 3.05) is 13.1 Å². The van der Waals surface area contributed by atoms with Gasteiger partial charge in [0.05, 0.1) is 0 Å². The van der Waals surface area contributed by atoms with Gasteiger partial charge in [0.15, 0.2) is 0 Å². The molecule has 2 rings (SSSR count). The predicted octanol–water partition coefficient (Wildman–Crippen LogP) is 3.16. The second-order valence-electron chi connectivity index (χ2n) is 6.41. The van der Waals surface area contributed by atoms with Gasteiger partial charge in [-0.3, -0.25) is 4.90 Å². The van der Waals surface area contributed by atoms with Gasteiger partial charge in [0.25, 0.3) is 0 Å². The topological polar surface area (TPSA) is 29.3 Å². The summed E-state index contributed by atoms with van der Waals surface area (Å²) in [4.78, 5) is 2.63. The van der Waals surface area contributed by atoms with Crippen molar-refractivity contribution in [2.45, 2.75) is 77.3 Å². The molecule has 0 aromatic heterocycles. The number of likely N-dealkylation sites (tertiary alicyclic amines) is 1. The van der Waals surface area contributed by atoms with Crippen LogP contribution in [0.4, 0.5) is 0 Å². The molecule has 2 nitrogen and oxygen atoms in total. The summed E-state index contributed by atoms with van der Waals surface area (Å²) >= 11 is 0. The highest BCUT2D eigenvalue weighted by Crippen LogP contribution is 2.44. The molecule has 2 atom stereocenters. The summed E-state index contributed by atoms with van der Waals surface area (Å²) in [7, 11) is 0. The molecule has 0 bridgehead atoms. The lowest BCUT2D eigenvalue weighted by molar-refractivity contribution is 0.0427. The molecular weight excluding hydrogens is 208 g/mol. The standard InChI is InChI=1S/C15H30N2/c1-3-14(16)13(2)17-11-9-15(10-12-17)7-5-4-6-8-15/h13-14H,3-12,16H2,1-2H3. The highest BCUT2D eigenvalue weighted by atomic mass is 15.2. The smallest absolute Gasteiger partial charge is 0.0218 e. The Morgan fingerprint density at radius 2 is 1.65 bits per heavy atom. The molecule has 0 aromatic carbocycles. The summed E-state index contributed by atoms with van der Waals surface area (Å²) in [6.07, 6.45) is 11.4. The van der Waals surface area contributed by atoms with Gasteiger partial charge >= 0.3 is 0 Å². The number of hydrogen-bond acceptors (Lipinski definition) is 2. The Morgan fingerprint density at radius 3 is 2.18 bits per heavy atom. The lowest BCUT2D eigenvalue weighted by Crippen LogP contribution is -2.51. The Morgan fingerprint density at radius 1 is 1.06 bits per heavy atom. The van der Waals surface area contributed by atoms with E-state index in [2.05, 4.69) is 18.7 Å². The van der Waals surface area contributed by atoms with Crippen molar-refractivity contribution in [1.29, 1.82) is 0 Å². The molecule has 1 saturated carbocycles. The molecule has 0 radical (unpaired) electrons. The summed E-state index contributed by atoms with van der Waals surface area (Å²) in [5, 5.41) is 0. The number of nitrogens with zero attached hydrogens (tertiary/aromatic N) is 1. The minimum atomic E-state index is 0.357. The van der Waals surface area contributed by atoms with Gasteiger partial charge in [0.1, 0.15) is 0 Å². The molecule has 1 aliphatic carbocycles. The first-order valence-electron chi connectivity index (χ1n) is 7.66. The van der Waals surface area contributed by atoms with Crippen LogP contribution in [0, 0.1) is 5.41 Å². The van der Waals surface area contributed by atoms with E-state index >= 15 is 0 Å². The molecule has 1 heterocycles. The van der Waals surface area contributed by atoms with E-state index in [4.69, 9.17) is 5.73 Å². The van der Waals surface area contributed by atoms with Crippen LogP contribution in [0.15, 0.2) is 0 Å². The Labute approximate surface area is 107 Å². The molecule has 2 fully saturated rings. The van der Waals surface area contributed by atoms with Crippen molar-refractivity contribution < 1.29 is 0 Å². The first-order valence-corrected chi connectivity index (χ1v) is 7.66. The van der Waals surface area contributed by atoms with Crippen molar-refractivity contribution in [3.8, 4) is 0 Å². The van der Waals surface area contributed by atoms with Gasteiger partial charge in [-0.15, -0.1) is 0 Å². The summed E-state index contributed by atoms with van der Waals surface area (Å²) in [6, 6.07) is 0.927. The molecule has 100 valence electrons. The average molecular weight is 238 g/mol. The van der Waals surface area contributed by atoms with E-state index in [1.807, 2.05) is 0 Å². The molecule has 0 amide bonds. The maximum atomic E-state index is 6.18. The molecule has 17 heavy (non-hydrogen) atoms. The zero-order valence-electron chi connectivity index (χ0n) is 11.8. The van der Waals surface area contributed by atoms with Crippen molar-refractivity contribution in [2.24, 2.45) is 11.1 Å². The molecule has 2 unspecified atom stereocenters. The average Bonchev–Trinajstić information content (AvgIpc) is 2.39. The molecule has 2 N–H and O–H groups in total. The number of nitrogens with two attached hydrogens (primary N) is 1. The molecule has 1 saturated heterocycles. The van der Waals surface area contributed by atoms with Crippen LogP contribution in [0.1, 0.15) is 65.2 Å². The van der Waals surface area contributed by atoms with Crippen LogP contribution in [-0.2, 0) is 0 Å². The maximum Gasteiger partial charge on any atom is 0.0218 e. The predicted molar refractivity (Wildman–Crippen MR) is 74.1 cm³/mol. The van der Waals surface area contributed by atoms with Gasteiger partial charge in [-0.2, -0.15) is 0 Å². The fourth-order valence-electron chi connectivity index (χ4n) is 3.82. The molecule has 1 spiro atoms. The monoisotopic (exact) mass is 238 g/mol. The quantitative estimate of drug-likeness (QED) is 0.818. The SMILES string of the molecule is CCC(N)C(C)N1CCC2(CCCCC2)CC1. The lowest BCUT2D eigenvalue weighted by Gasteiger charge is -2.46. The maximum absolute atomic E-state index is 6.18. The minimum Gasteiger partial charge on any atom is -0.326 e. The third kappa shape index (κ3) is 3.03. The van der Waals surface area contributed by atoms with Crippen LogP contribution in [0.5, 0.6) is 0 Å². The van der Waals surface area contributed by atoms with E-state index in [0.717, 1.165) is 11.8 Å². The Balaban J connectivity index is 1.84. The molecule has 2 heteroatoms. The zero-order valence-corrected chi connectivity index (χ0v) is 11.8. The fourth-order valence-corrected chi connectivity index (χ4v) is 3.82. The third-order valence-electron chi connectivity index (χ3n) is 5.44. The highest BCUT2D eigenvalue weighted by Gasteiger charge is 2.36. The van der Waals surface area contributed by atoms with Gasteiger partial charge in [0, 0.05) is 12.1 Å². The Hall–Kier alpha value is -0.0800. The van der Waals surface area contributed by atoms with Gasteiger partial charge in [-0.25, -0.2) is 0 Å². The van der Waals surface area contributed by atoms with E-state index in [1.54, 1.807) is 0 Å². The second-order valence-corrected chi connectivity index (χ2v) is 6.41. The first-order chi connectivity index (χ1) is 8.17. The second kappa shape index (κ2) is 5.71. The molecule has 1 aliphatic heterocycles. The van der Waals surface area contributed by atoms with Gasteiger partial charge in [-0.05, 0) is 57.5 Å². The van der Waals surface area contributed by atoms with Crippen molar-refractivity contribution in [3.63, 3.8) is 0 Å².